The fourth-order valence-electron chi connectivity index (χ4n) is 3.91. The number of ether oxygens (including phenoxy) is 1. The average molecular weight is 484 g/mol. The number of sulfonamides is 1. The zero-order valence-electron chi connectivity index (χ0n) is 18.3. The lowest BCUT2D eigenvalue weighted by Crippen LogP contribution is -2.40. The zero-order chi connectivity index (χ0) is 22.8. The smallest absolute Gasteiger partial charge is 0.243 e. The van der Waals surface area contributed by atoms with Crippen molar-refractivity contribution in [2.75, 3.05) is 26.3 Å². The van der Waals surface area contributed by atoms with Crippen molar-refractivity contribution >= 4 is 32.8 Å². The van der Waals surface area contributed by atoms with E-state index in [1.807, 2.05) is 23.0 Å². The van der Waals surface area contributed by atoms with E-state index in [4.69, 9.17) is 9.72 Å². The maximum Gasteiger partial charge on any atom is 0.243 e. The quantitative estimate of drug-likeness (QED) is 0.374. The van der Waals surface area contributed by atoms with Crippen LogP contribution in [0, 0.1) is 0 Å². The molecule has 0 unspecified atom stereocenters. The Morgan fingerprint density at radius 3 is 2.58 bits per heavy atom. The fraction of sp³-hybridized carbons (Fsp3) is 0.304. The van der Waals surface area contributed by atoms with Gasteiger partial charge in [0.25, 0.3) is 0 Å². The first-order valence-electron chi connectivity index (χ1n) is 10.9. The molecule has 1 fully saturated rings. The lowest BCUT2D eigenvalue weighted by atomic mass is 10.2. The van der Waals surface area contributed by atoms with Crippen molar-refractivity contribution in [2.45, 2.75) is 29.3 Å². The highest BCUT2D eigenvalue weighted by molar-refractivity contribution is 7.98. The first-order chi connectivity index (χ1) is 16.1. The van der Waals surface area contributed by atoms with Crippen molar-refractivity contribution in [1.82, 2.24) is 23.6 Å². The number of hydrogen-bond donors (Lipinski definition) is 0. The standard InChI is InChI=1S/C23H25N5O3S2/c1-2-27-22-9-8-20(33(29,30)26-12-14-31-15-13-26)16-21(22)25-23(27)32-17-18-4-6-19(7-5-18)28-11-3-10-24-28/h3-11,16H,2,12-15,17H2,1H3. The Morgan fingerprint density at radius 2 is 1.88 bits per heavy atom. The Kier molecular flexibility index (Phi) is 6.24. The van der Waals surface area contributed by atoms with Gasteiger partial charge in [0, 0.05) is 37.8 Å². The topological polar surface area (TPSA) is 82.2 Å². The van der Waals surface area contributed by atoms with E-state index in [1.54, 1.807) is 30.1 Å². The number of aryl methyl sites for hydroxylation is 1. The van der Waals surface area contributed by atoms with Gasteiger partial charge in [-0.3, -0.25) is 0 Å². The van der Waals surface area contributed by atoms with Gasteiger partial charge in [-0.05, 0) is 48.9 Å². The second-order valence-corrected chi connectivity index (χ2v) is 10.6. The first-order valence-corrected chi connectivity index (χ1v) is 13.3. The molecule has 0 spiro atoms. The molecular weight excluding hydrogens is 458 g/mol. The molecule has 0 aliphatic carbocycles. The Morgan fingerprint density at radius 1 is 1.09 bits per heavy atom. The van der Waals surface area contributed by atoms with E-state index in [9.17, 15) is 8.42 Å². The number of aromatic nitrogens is 4. The second kappa shape index (κ2) is 9.30. The van der Waals surface area contributed by atoms with Crippen molar-refractivity contribution in [3.63, 3.8) is 0 Å². The molecule has 1 aliphatic rings. The molecule has 1 aliphatic heterocycles. The monoisotopic (exact) mass is 483 g/mol. The summed E-state index contributed by atoms with van der Waals surface area (Å²) in [4.78, 5) is 5.06. The van der Waals surface area contributed by atoms with Gasteiger partial charge >= 0.3 is 0 Å². The number of fused-ring (bicyclic) bond motifs is 1. The maximum atomic E-state index is 13.0. The summed E-state index contributed by atoms with van der Waals surface area (Å²) in [6.07, 6.45) is 3.68. The number of morpholine rings is 1. The molecule has 172 valence electrons. The molecule has 4 aromatic rings. The lowest BCUT2D eigenvalue weighted by molar-refractivity contribution is 0.0730. The summed E-state index contributed by atoms with van der Waals surface area (Å²) < 4.78 is 36.8. The summed E-state index contributed by atoms with van der Waals surface area (Å²) in [5.41, 5.74) is 3.84. The van der Waals surface area contributed by atoms with Crippen LogP contribution in [0.3, 0.4) is 0 Å². The minimum atomic E-state index is -3.55. The van der Waals surface area contributed by atoms with E-state index in [-0.39, 0.29) is 4.90 Å². The Hall–Kier alpha value is -2.66. The third kappa shape index (κ3) is 4.43. The van der Waals surface area contributed by atoms with Gasteiger partial charge < -0.3 is 9.30 Å². The van der Waals surface area contributed by atoms with Crippen LogP contribution in [-0.4, -0.2) is 58.4 Å². The van der Waals surface area contributed by atoms with Gasteiger partial charge in [-0.2, -0.15) is 9.40 Å². The van der Waals surface area contributed by atoms with Gasteiger partial charge in [-0.1, -0.05) is 23.9 Å². The van der Waals surface area contributed by atoms with Gasteiger partial charge in [0.1, 0.15) is 0 Å². The summed E-state index contributed by atoms with van der Waals surface area (Å²) in [6.45, 7) is 4.44. The van der Waals surface area contributed by atoms with E-state index < -0.39 is 10.0 Å². The molecule has 2 aromatic heterocycles. The van der Waals surface area contributed by atoms with Gasteiger partial charge in [0.15, 0.2) is 5.16 Å². The molecule has 3 heterocycles. The predicted octanol–water partition coefficient (Wildman–Crippen LogP) is 3.56. The zero-order valence-corrected chi connectivity index (χ0v) is 19.9. The number of hydrogen-bond acceptors (Lipinski definition) is 6. The molecule has 0 amide bonds. The molecule has 8 nitrogen and oxygen atoms in total. The molecule has 2 aromatic carbocycles. The molecule has 0 radical (unpaired) electrons. The van der Waals surface area contributed by atoms with Gasteiger partial charge in [0.2, 0.25) is 10.0 Å². The highest BCUT2D eigenvalue weighted by Crippen LogP contribution is 2.29. The van der Waals surface area contributed by atoms with Crippen molar-refractivity contribution in [1.29, 1.82) is 0 Å². The summed E-state index contributed by atoms with van der Waals surface area (Å²) in [6, 6.07) is 15.4. The van der Waals surface area contributed by atoms with E-state index >= 15 is 0 Å². The highest BCUT2D eigenvalue weighted by atomic mass is 32.2. The minimum absolute atomic E-state index is 0.281. The summed E-state index contributed by atoms with van der Waals surface area (Å²) >= 11 is 1.65. The highest BCUT2D eigenvalue weighted by Gasteiger charge is 2.27. The van der Waals surface area contributed by atoms with Crippen LogP contribution in [0.25, 0.3) is 16.7 Å². The molecule has 5 rings (SSSR count). The van der Waals surface area contributed by atoms with Crippen LogP contribution in [-0.2, 0) is 27.1 Å². The maximum absolute atomic E-state index is 13.0. The average Bonchev–Trinajstić information content (AvgIpc) is 3.51. The summed E-state index contributed by atoms with van der Waals surface area (Å²) in [5, 5.41) is 5.14. The third-order valence-corrected chi connectivity index (χ3v) is 8.62. The van der Waals surface area contributed by atoms with E-state index in [0.717, 1.165) is 28.7 Å². The van der Waals surface area contributed by atoms with E-state index in [2.05, 4.69) is 40.9 Å². The minimum Gasteiger partial charge on any atom is -0.379 e. The van der Waals surface area contributed by atoms with Gasteiger partial charge in [0.05, 0.1) is 34.8 Å². The Bertz CT molecular complexity index is 1340. The predicted molar refractivity (Wildman–Crippen MR) is 128 cm³/mol. The van der Waals surface area contributed by atoms with Crippen LogP contribution in [0.5, 0.6) is 0 Å². The van der Waals surface area contributed by atoms with Crippen LogP contribution < -0.4 is 0 Å². The first kappa shape index (κ1) is 22.1. The lowest BCUT2D eigenvalue weighted by Gasteiger charge is -2.26. The van der Waals surface area contributed by atoms with E-state index in [1.165, 1.54) is 9.87 Å². The second-order valence-electron chi connectivity index (χ2n) is 7.71. The third-order valence-electron chi connectivity index (χ3n) is 5.68. The normalized spacial score (nSPS) is 15.3. The number of rotatable bonds is 7. The van der Waals surface area contributed by atoms with Gasteiger partial charge in [-0.25, -0.2) is 18.1 Å². The van der Waals surface area contributed by atoms with E-state index in [0.29, 0.717) is 31.8 Å². The Labute approximate surface area is 197 Å². The van der Waals surface area contributed by atoms with Crippen LogP contribution in [0.4, 0.5) is 0 Å². The number of nitrogens with zero attached hydrogens (tertiary/aromatic N) is 5. The molecule has 0 saturated carbocycles. The molecule has 0 atom stereocenters. The molecule has 0 N–H and O–H groups in total. The van der Waals surface area contributed by atoms with Crippen LogP contribution in [0.2, 0.25) is 0 Å². The van der Waals surface area contributed by atoms with Crippen molar-refractivity contribution in [2.24, 2.45) is 0 Å². The SMILES string of the molecule is CCn1c(SCc2ccc(-n3cccn3)cc2)nc2cc(S(=O)(=O)N3CCOCC3)ccc21. The van der Waals surface area contributed by atoms with Crippen molar-refractivity contribution < 1.29 is 13.2 Å². The molecule has 33 heavy (non-hydrogen) atoms. The molecule has 1 saturated heterocycles. The molecule has 0 bridgehead atoms. The number of thioether (sulfide) groups is 1. The number of benzene rings is 2. The van der Waals surface area contributed by atoms with Gasteiger partial charge in [-0.15, -0.1) is 0 Å². The van der Waals surface area contributed by atoms with Crippen molar-refractivity contribution in [3.8, 4) is 5.69 Å². The largest absolute Gasteiger partial charge is 0.379 e. The Balaban J connectivity index is 1.37. The van der Waals surface area contributed by atoms with Crippen LogP contribution >= 0.6 is 11.8 Å². The number of imidazole rings is 1. The summed E-state index contributed by atoms with van der Waals surface area (Å²) in [5.74, 6) is 0.766. The molecule has 10 heteroatoms. The van der Waals surface area contributed by atoms with Crippen LogP contribution in [0.1, 0.15) is 12.5 Å². The van der Waals surface area contributed by atoms with Crippen molar-refractivity contribution in [3.05, 3.63) is 66.5 Å². The van der Waals surface area contributed by atoms with Crippen LogP contribution in [0.15, 0.2) is 71.0 Å². The fourth-order valence-corrected chi connectivity index (χ4v) is 6.38. The molecular formula is C23H25N5O3S2. The summed E-state index contributed by atoms with van der Waals surface area (Å²) in [7, 11) is -3.55.